The number of nitrogens with one attached hydrogen (secondary N) is 2. The van der Waals surface area contributed by atoms with Gasteiger partial charge in [0.2, 0.25) is 0 Å². The molecule has 0 aliphatic heterocycles. The molecule has 36 heavy (non-hydrogen) atoms. The lowest BCUT2D eigenvalue weighted by atomic mass is 10.2. The van der Waals surface area contributed by atoms with Crippen LogP contribution in [0.2, 0.25) is 0 Å². The highest BCUT2D eigenvalue weighted by Crippen LogP contribution is 2.24. The lowest BCUT2D eigenvalue weighted by Gasteiger charge is -2.11. The first kappa shape index (κ1) is 24.3. The number of para-hydroxylation sites is 2. The van der Waals surface area contributed by atoms with E-state index in [9.17, 15) is 9.59 Å². The Kier molecular flexibility index (Phi) is 8.53. The molecule has 0 spiro atoms. The van der Waals surface area contributed by atoms with Crippen molar-refractivity contribution < 1.29 is 23.8 Å². The Balaban J connectivity index is 1.22. The first-order valence-electron chi connectivity index (χ1n) is 11.4. The van der Waals surface area contributed by atoms with Gasteiger partial charge < -0.3 is 24.8 Å². The van der Waals surface area contributed by atoms with E-state index in [1.54, 1.807) is 48.5 Å². The second kappa shape index (κ2) is 12.6. The Labute approximate surface area is 209 Å². The summed E-state index contributed by atoms with van der Waals surface area (Å²) in [6.07, 6.45) is 0. The standard InChI is InChI=1S/C29H26N2O5/c32-28(20-34-24-9-3-1-4-10-24)30-19-22-8-7-13-27(18-22)36-26-16-14-23(15-17-26)31-29(33)21-35-25-11-5-2-6-12-25/h1-18H,19-21H2,(H,30,32)(H,31,33). The second-order valence-corrected chi connectivity index (χ2v) is 7.80. The first-order chi connectivity index (χ1) is 17.6. The third kappa shape index (κ3) is 7.92. The molecule has 4 aromatic rings. The normalized spacial score (nSPS) is 10.2. The van der Waals surface area contributed by atoms with E-state index in [1.165, 1.54) is 0 Å². The van der Waals surface area contributed by atoms with Crippen LogP contribution in [0.4, 0.5) is 5.69 Å². The zero-order chi connectivity index (χ0) is 25.0. The summed E-state index contributed by atoms with van der Waals surface area (Å²) in [4.78, 5) is 24.2. The Hall–Kier alpha value is -4.78. The zero-order valence-electron chi connectivity index (χ0n) is 19.6. The topological polar surface area (TPSA) is 85.9 Å². The monoisotopic (exact) mass is 482 g/mol. The molecule has 0 aliphatic rings. The quantitative estimate of drug-likeness (QED) is 0.307. The van der Waals surface area contributed by atoms with Gasteiger partial charge in [-0.3, -0.25) is 9.59 Å². The summed E-state index contributed by atoms with van der Waals surface area (Å²) in [5.74, 6) is 2.07. The molecular formula is C29H26N2O5. The molecule has 4 rings (SSSR count). The van der Waals surface area contributed by atoms with E-state index >= 15 is 0 Å². The summed E-state index contributed by atoms with van der Waals surface area (Å²) < 4.78 is 16.8. The van der Waals surface area contributed by atoms with Gasteiger partial charge in [-0.05, 0) is 66.2 Å². The van der Waals surface area contributed by atoms with Crippen LogP contribution < -0.4 is 24.8 Å². The van der Waals surface area contributed by atoms with Gasteiger partial charge in [-0.1, -0.05) is 48.5 Å². The molecule has 2 N–H and O–H groups in total. The molecule has 0 aliphatic carbocycles. The molecule has 0 unspecified atom stereocenters. The molecule has 7 heteroatoms. The number of anilines is 1. The fraction of sp³-hybridized carbons (Fsp3) is 0.103. The van der Waals surface area contributed by atoms with Crippen molar-refractivity contribution in [3.8, 4) is 23.0 Å². The van der Waals surface area contributed by atoms with Crippen LogP contribution >= 0.6 is 0 Å². The number of ether oxygens (including phenoxy) is 3. The van der Waals surface area contributed by atoms with Crippen LogP contribution in [0.5, 0.6) is 23.0 Å². The van der Waals surface area contributed by atoms with Crippen molar-refractivity contribution in [2.75, 3.05) is 18.5 Å². The van der Waals surface area contributed by atoms with Crippen LogP contribution in [-0.2, 0) is 16.1 Å². The van der Waals surface area contributed by atoms with E-state index < -0.39 is 0 Å². The first-order valence-corrected chi connectivity index (χ1v) is 11.4. The maximum atomic E-state index is 12.1. The van der Waals surface area contributed by atoms with Crippen molar-refractivity contribution in [3.05, 3.63) is 115 Å². The molecule has 0 saturated carbocycles. The molecule has 0 fully saturated rings. The van der Waals surface area contributed by atoms with E-state index in [0.29, 0.717) is 35.2 Å². The Morgan fingerprint density at radius 1 is 0.583 bits per heavy atom. The molecule has 0 saturated heterocycles. The van der Waals surface area contributed by atoms with Gasteiger partial charge in [0.15, 0.2) is 13.2 Å². The third-order valence-electron chi connectivity index (χ3n) is 4.99. The molecule has 182 valence electrons. The smallest absolute Gasteiger partial charge is 0.262 e. The lowest BCUT2D eigenvalue weighted by Crippen LogP contribution is -2.28. The van der Waals surface area contributed by atoms with Gasteiger partial charge >= 0.3 is 0 Å². The molecule has 2 amide bonds. The average Bonchev–Trinajstić information content (AvgIpc) is 2.92. The molecule has 0 bridgehead atoms. The van der Waals surface area contributed by atoms with E-state index in [0.717, 1.165) is 5.56 Å². The van der Waals surface area contributed by atoms with Gasteiger partial charge in [-0.25, -0.2) is 0 Å². The number of hydrogen-bond donors (Lipinski definition) is 2. The van der Waals surface area contributed by atoms with Crippen LogP contribution in [0.3, 0.4) is 0 Å². The highest BCUT2D eigenvalue weighted by atomic mass is 16.5. The Morgan fingerprint density at radius 2 is 1.17 bits per heavy atom. The van der Waals surface area contributed by atoms with Crippen LogP contribution in [0.15, 0.2) is 109 Å². The van der Waals surface area contributed by atoms with E-state index in [4.69, 9.17) is 14.2 Å². The Bertz CT molecular complexity index is 1260. The maximum absolute atomic E-state index is 12.1. The molecule has 7 nitrogen and oxygen atoms in total. The third-order valence-corrected chi connectivity index (χ3v) is 4.99. The van der Waals surface area contributed by atoms with Gasteiger partial charge in [0.05, 0.1) is 0 Å². The van der Waals surface area contributed by atoms with Crippen LogP contribution in [0.1, 0.15) is 5.56 Å². The average molecular weight is 483 g/mol. The van der Waals surface area contributed by atoms with Crippen LogP contribution in [0.25, 0.3) is 0 Å². The van der Waals surface area contributed by atoms with Crippen molar-refractivity contribution in [1.82, 2.24) is 5.32 Å². The molecule has 0 heterocycles. The van der Waals surface area contributed by atoms with Gasteiger partial charge in [-0.15, -0.1) is 0 Å². The number of rotatable bonds is 11. The summed E-state index contributed by atoms with van der Waals surface area (Å²) in [7, 11) is 0. The SMILES string of the molecule is O=C(COc1ccccc1)NCc1cccc(Oc2ccc(NC(=O)COc3ccccc3)cc2)c1. The van der Waals surface area contributed by atoms with Gasteiger partial charge in [0.25, 0.3) is 11.8 Å². The van der Waals surface area contributed by atoms with Gasteiger partial charge in [-0.2, -0.15) is 0 Å². The summed E-state index contributed by atoms with van der Waals surface area (Å²) in [6.45, 7) is 0.218. The number of benzene rings is 4. The van der Waals surface area contributed by atoms with Crippen molar-refractivity contribution in [2.24, 2.45) is 0 Å². The summed E-state index contributed by atoms with van der Waals surface area (Å²) >= 11 is 0. The number of amides is 2. The molecular weight excluding hydrogens is 456 g/mol. The number of carbonyl (C=O) groups excluding carboxylic acids is 2. The minimum atomic E-state index is -0.253. The molecule has 0 radical (unpaired) electrons. The van der Waals surface area contributed by atoms with Gasteiger partial charge in [0.1, 0.15) is 23.0 Å². The highest BCUT2D eigenvalue weighted by Gasteiger charge is 2.06. The van der Waals surface area contributed by atoms with Crippen molar-refractivity contribution >= 4 is 17.5 Å². The summed E-state index contributed by atoms with van der Waals surface area (Å²) in [5, 5.41) is 5.63. The highest BCUT2D eigenvalue weighted by molar-refractivity contribution is 5.91. The Morgan fingerprint density at radius 3 is 1.81 bits per heavy atom. The number of carbonyl (C=O) groups is 2. The van der Waals surface area contributed by atoms with E-state index in [-0.39, 0.29) is 25.0 Å². The summed E-state index contributed by atoms with van der Waals surface area (Å²) in [6, 6.07) is 32.9. The zero-order valence-corrected chi connectivity index (χ0v) is 19.6. The largest absolute Gasteiger partial charge is 0.484 e. The molecule has 0 atom stereocenters. The predicted octanol–water partition coefficient (Wildman–Crippen LogP) is 5.19. The van der Waals surface area contributed by atoms with Crippen LogP contribution in [0, 0.1) is 0 Å². The van der Waals surface area contributed by atoms with Gasteiger partial charge in [0, 0.05) is 12.2 Å². The second-order valence-electron chi connectivity index (χ2n) is 7.80. The van der Waals surface area contributed by atoms with Crippen molar-refractivity contribution in [2.45, 2.75) is 6.54 Å². The minimum Gasteiger partial charge on any atom is -0.484 e. The van der Waals surface area contributed by atoms with Crippen LogP contribution in [-0.4, -0.2) is 25.0 Å². The lowest BCUT2D eigenvalue weighted by molar-refractivity contribution is -0.123. The summed E-state index contributed by atoms with van der Waals surface area (Å²) in [5.41, 5.74) is 1.53. The fourth-order valence-electron chi connectivity index (χ4n) is 3.24. The maximum Gasteiger partial charge on any atom is 0.262 e. The van der Waals surface area contributed by atoms with Crippen molar-refractivity contribution in [3.63, 3.8) is 0 Å². The number of hydrogen-bond acceptors (Lipinski definition) is 5. The van der Waals surface area contributed by atoms with Crippen molar-refractivity contribution in [1.29, 1.82) is 0 Å². The molecule has 4 aromatic carbocycles. The molecule has 0 aromatic heterocycles. The van der Waals surface area contributed by atoms with E-state index in [2.05, 4.69) is 10.6 Å². The van der Waals surface area contributed by atoms with E-state index in [1.807, 2.05) is 60.7 Å². The predicted molar refractivity (Wildman–Crippen MR) is 137 cm³/mol. The fourth-order valence-corrected chi connectivity index (χ4v) is 3.24. The minimum absolute atomic E-state index is 0.0541.